The number of nitrogens with zero attached hydrogens (tertiary/aromatic N) is 4. The van der Waals surface area contributed by atoms with Crippen LogP contribution in [0.4, 0.5) is 8.78 Å². The minimum Gasteiger partial charge on any atom is -0.336 e. The Morgan fingerprint density at radius 1 is 0.947 bits per heavy atom. The topological polar surface area (TPSA) is 51.0 Å². The molecule has 3 heterocycles. The number of halogens is 2. The molecule has 2 fully saturated rings. The second kappa shape index (κ2) is 8.31. The molecule has 1 aliphatic carbocycles. The summed E-state index contributed by atoms with van der Waals surface area (Å²) in [7, 11) is 0. The van der Waals surface area contributed by atoms with Crippen LogP contribution in [-0.4, -0.2) is 38.7 Å². The minimum atomic E-state index is -0.462. The van der Waals surface area contributed by atoms with E-state index in [9.17, 15) is 13.6 Å². The smallest absolute Gasteiger partial charge is 0.272 e. The summed E-state index contributed by atoms with van der Waals surface area (Å²) >= 11 is 0. The molecule has 0 bridgehead atoms. The quantitative estimate of drug-likeness (QED) is 0.309. The Kier molecular flexibility index (Phi) is 4.98. The van der Waals surface area contributed by atoms with Crippen LogP contribution < -0.4 is 0 Å². The number of rotatable bonds is 4. The van der Waals surface area contributed by atoms with Gasteiger partial charge in [-0.1, -0.05) is 30.3 Å². The molecule has 5 nitrogen and oxygen atoms in total. The van der Waals surface area contributed by atoms with Gasteiger partial charge in [-0.3, -0.25) is 4.79 Å². The van der Waals surface area contributed by atoms with Crippen molar-refractivity contribution in [3.63, 3.8) is 0 Å². The number of piperidine rings is 1. The maximum Gasteiger partial charge on any atom is 0.272 e. The summed E-state index contributed by atoms with van der Waals surface area (Å²) in [6.07, 6.45) is 2.93. The second-order valence-electron chi connectivity index (χ2n) is 10.3. The van der Waals surface area contributed by atoms with E-state index in [0.29, 0.717) is 13.1 Å². The summed E-state index contributed by atoms with van der Waals surface area (Å²) in [6, 6.07) is 23.8. The Bertz CT molecular complexity index is 1680. The molecule has 3 atom stereocenters. The highest BCUT2D eigenvalue weighted by atomic mass is 19.1. The van der Waals surface area contributed by atoms with Crippen LogP contribution in [0, 0.1) is 24.5 Å². The maximum absolute atomic E-state index is 13.5. The highest BCUT2D eigenvalue weighted by molar-refractivity contribution is 5.93. The van der Waals surface area contributed by atoms with Crippen molar-refractivity contribution in [1.29, 1.82) is 0 Å². The van der Waals surface area contributed by atoms with Crippen LogP contribution >= 0.6 is 0 Å². The molecule has 0 spiro atoms. The summed E-state index contributed by atoms with van der Waals surface area (Å²) < 4.78 is 28.7. The first kappa shape index (κ1) is 22.8. The number of likely N-dealkylation sites (tertiary alicyclic amines) is 1. The van der Waals surface area contributed by atoms with Crippen molar-refractivity contribution in [1.82, 2.24) is 19.7 Å². The predicted octanol–water partition coefficient (Wildman–Crippen LogP) is 5.81. The zero-order chi connectivity index (χ0) is 26.0. The van der Waals surface area contributed by atoms with Crippen molar-refractivity contribution in [3.8, 4) is 5.69 Å². The predicted molar refractivity (Wildman–Crippen MR) is 140 cm³/mol. The number of pyridine rings is 1. The van der Waals surface area contributed by atoms with Gasteiger partial charge in [0.2, 0.25) is 0 Å². The van der Waals surface area contributed by atoms with E-state index in [1.165, 1.54) is 35.4 Å². The van der Waals surface area contributed by atoms with Gasteiger partial charge in [0.05, 0.1) is 23.6 Å². The van der Waals surface area contributed by atoms with E-state index >= 15 is 0 Å². The van der Waals surface area contributed by atoms with E-state index in [-0.39, 0.29) is 34.7 Å². The molecule has 0 radical (unpaired) electrons. The lowest BCUT2D eigenvalue weighted by Crippen LogP contribution is -2.35. The summed E-state index contributed by atoms with van der Waals surface area (Å²) in [5.41, 5.74) is 5.38. The molecule has 0 N–H and O–H groups in total. The maximum atomic E-state index is 13.5. The SMILES string of the molecule is Cc1cc2c(cnn2-c2ccc(F)cc2)cc1C12CN(C(=O)c3ccc(F)cn3)CC1C2c1ccccc1. The number of aryl methyl sites for hydroxylation is 1. The number of carbonyl (C=O) groups excluding carboxylic acids is 1. The Balaban J connectivity index is 1.30. The standard InChI is InChI=1S/C31H24F2N4O/c1-19-13-28-21(15-35-37(28)24-10-7-22(32)8-11-24)14-25(19)31-18-36(30(38)27-12-9-23(33)16-34-27)17-26(31)29(31)20-5-3-2-4-6-20/h2-16,26,29H,17-18H2,1H3. The highest BCUT2D eigenvalue weighted by Gasteiger charge is 2.71. The molecular formula is C31H24F2N4O. The molecule has 3 aromatic carbocycles. The van der Waals surface area contributed by atoms with Gasteiger partial charge in [0.25, 0.3) is 5.91 Å². The number of benzene rings is 3. The van der Waals surface area contributed by atoms with Crippen molar-refractivity contribution in [2.24, 2.45) is 5.92 Å². The van der Waals surface area contributed by atoms with Crippen molar-refractivity contribution < 1.29 is 13.6 Å². The van der Waals surface area contributed by atoms with E-state index < -0.39 is 5.82 Å². The average molecular weight is 507 g/mol. The van der Waals surface area contributed by atoms with Crippen LogP contribution in [0.5, 0.6) is 0 Å². The fourth-order valence-corrected chi connectivity index (χ4v) is 6.55. The van der Waals surface area contributed by atoms with Crippen LogP contribution in [0.15, 0.2) is 91.3 Å². The fourth-order valence-electron chi connectivity index (χ4n) is 6.55. The van der Waals surface area contributed by atoms with Crippen LogP contribution in [0.2, 0.25) is 0 Å². The summed E-state index contributed by atoms with van der Waals surface area (Å²) in [5, 5.41) is 5.59. The Hall–Kier alpha value is -4.39. The molecule has 1 aliphatic heterocycles. The molecule has 1 amide bonds. The van der Waals surface area contributed by atoms with Gasteiger partial charge < -0.3 is 4.90 Å². The van der Waals surface area contributed by atoms with Gasteiger partial charge in [0, 0.05) is 29.8 Å². The summed E-state index contributed by atoms with van der Waals surface area (Å²) in [6.45, 7) is 3.28. The second-order valence-corrected chi connectivity index (χ2v) is 10.3. The normalized spacial score (nSPS) is 22.0. The number of aromatic nitrogens is 3. The molecule has 188 valence electrons. The first-order valence-corrected chi connectivity index (χ1v) is 12.7. The molecule has 5 aromatic rings. The lowest BCUT2D eigenvalue weighted by Gasteiger charge is -2.25. The molecule has 3 unspecified atom stereocenters. The van der Waals surface area contributed by atoms with Gasteiger partial charge in [-0.2, -0.15) is 5.10 Å². The largest absolute Gasteiger partial charge is 0.336 e. The third-order valence-corrected chi connectivity index (χ3v) is 8.26. The molecule has 2 aliphatic rings. The van der Waals surface area contributed by atoms with E-state index in [1.807, 2.05) is 21.8 Å². The first-order valence-electron chi connectivity index (χ1n) is 12.7. The van der Waals surface area contributed by atoms with E-state index in [2.05, 4.69) is 53.4 Å². The minimum absolute atomic E-state index is 0.175. The summed E-state index contributed by atoms with van der Waals surface area (Å²) in [4.78, 5) is 19.2. The van der Waals surface area contributed by atoms with Gasteiger partial charge in [-0.15, -0.1) is 0 Å². The van der Waals surface area contributed by atoms with Gasteiger partial charge in [-0.25, -0.2) is 18.4 Å². The average Bonchev–Trinajstić information content (AvgIpc) is 3.19. The van der Waals surface area contributed by atoms with Crippen LogP contribution in [0.25, 0.3) is 16.6 Å². The zero-order valence-corrected chi connectivity index (χ0v) is 20.7. The lowest BCUT2D eigenvalue weighted by atomic mass is 9.86. The molecule has 7 heteroatoms. The number of carbonyl (C=O) groups is 1. The van der Waals surface area contributed by atoms with Crippen LogP contribution in [0.1, 0.15) is 33.1 Å². The molecule has 38 heavy (non-hydrogen) atoms. The lowest BCUT2D eigenvalue weighted by molar-refractivity contribution is 0.0763. The Labute approximate surface area is 218 Å². The molecule has 1 saturated carbocycles. The molecule has 1 saturated heterocycles. The zero-order valence-electron chi connectivity index (χ0n) is 20.7. The molecule has 2 aromatic heterocycles. The Morgan fingerprint density at radius 3 is 2.45 bits per heavy atom. The van der Waals surface area contributed by atoms with Crippen molar-refractivity contribution >= 4 is 16.8 Å². The number of hydrogen-bond acceptors (Lipinski definition) is 3. The third-order valence-electron chi connectivity index (χ3n) is 8.26. The van der Waals surface area contributed by atoms with E-state index in [1.54, 1.807) is 12.1 Å². The van der Waals surface area contributed by atoms with Crippen LogP contribution in [-0.2, 0) is 5.41 Å². The fraction of sp³-hybridized carbons (Fsp3) is 0.194. The highest BCUT2D eigenvalue weighted by Crippen LogP contribution is 2.69. The summed E-state index contributed by atoms with van der Waals surface area (Å²) in [5.74, 6) is -0.372. The van der Waals surface area contributed by atoms with Crippen molar-refractivity contribution in [3.05, 3.63) is 125 Å². The van der Waals surface area contributed by atoms with Gasteiger partial charge in [0.1, 0.15) is 17.3 Å². The first-order chi connectivity index (χ1) is 18.5. The molecular weight excluding hydrogens is 482 g/mol. The van der Waals surface area contributed by atoms with Gasteiger partial charge >= 0.3 is 0 Å². The van der Waals surface area contributed by atoms with E-state index in [0.717, 1.165) is 28.4 Å². The Morgan fingerprint density at radius 2 is 1.71 bits per heavy atom. The van der Waals surface area contributed by atoms with Gasteiger partial charge in [-0.05, 0) is 78.1 Å². The number of amides is 1. The van der Waals surface area contributed by atoms with Crippen molar-refractivity contribution in [2.75, 3.05) is 13.1 Å². The number of fused-ring (bicyclic) bond motifs is 2. The third kappa shape index (κ3) is 3.38. The van der Waals surface area contributed by atoms with Gasteiger partial charge in [0.15, 0.2) is 0 Å². The van der Waals surface area contributed by atoms with Crippen molar-refractivity contribution in [2.45, 2.75) is 18.3 Å². The monoisotopic (exact) mass is 506 g/mol. The molecule has 7 rings (SSSR count). The number of hydrogen-bond donors (Lipinski definition) is 0. The van der Waals surface area contributed by atoms with Crippen LogP contribution in [0.3, 0.4) is 0 Å². The van der Waals surface area contributed by atoms with E-state index in [4.69, 9.17) is 0 Å².